The van der Waals surface area contributed by atoms with Crippen molar-refractivity contribution in [1.82, 2.24) is 4.98 Å². The van der Waals surface area contributed by atoms with Crippen LogP contribution in [0.5, 0.6) is 5.75 Å². The van der Waals surface area contributed by atoms with Crippen molar-refractivity contribution in [2.75, 3.05) is 0 Å². The monoisotopic (exact) mass is 193 g/mol. The molecule has 0 amide bonds. The van der Waals surface area contributed by atoms with Crippen molar-refractivity contribution in [1.29, 1.82) is 0 Å². The Hall–Kier alpha value is -1.55. The lowest BCUT2D eigenvalue weighted by atomic mass is 10.3. The molecule has 0 bridgehead atoms. The van der Waals surface area contributed by atoms with E-state index in [0.717, 1.165) is 0 Å². The highest BCUT2D eigenvalue weighted by molar-refractivity contribution is 7.13. The largest absolute Gasteiger partial charge is 0.506 e. The Morgan fingerprint density at radius 1 is 1.38 bits per heavy atom. The normalized spacial score (nSPS) is 10.2. The number of hydrogen-bond acceptors (Lipinski definition) is 3. The van der Waals surface area contributed by atoms with Crippen LogP contribution in [0, 0.1) is 0 Å². The van der Waals surface area contributed by atoms with Gasteiger partial charge in [0.05, 0.1) is 10.6 Å². The fourth-order valence-electron chi connectivity index (χ4n) is 1.08. The lowest BCUT2D eigenvalue weighted by Gasteiger charge is -1.96. The molecule has 2 heterocycles. The number of rotatable bonds is 1. The molecule has 0 aliphatic carbocycles. The van der Waals surface area contributed by atoms with Crippen molar-refractivity contribution in [3.05, 3.63) is 40.0 Å². The van der Waals surface area contributed by atoms with Crippen LogP contribution < -0.4 is 5.43 Å². The van der Waals surface area contributed by atoms with Crippen LogP contribution in [0.15, 0.2) is 34.6 Å². The molecule has 3 nitrogen and oxygen atoms in total. The molecule has 0 aliphatic rings. The van der Waals surface area contributed by atoms with Gasteiger partial charge in [0.1, 0.15) is 5.75 Å². The van der Waals surface area contributed by atoms with Gasteiger partial charge in [-0.05, 0) is 11.4 Å². The van der Waals surface area contributed by atoms with Crippen LogP contribution in [0.25, 0.3) is 10.6 Å². The summed E-state index contributed by atoms with van der Waals surface area (Å²) in [6, 6.07) is 4.50. The Morgan fingerprint density at radius 3 is 2.85 bits per heavy atom. The molecule has 2 aromatic rings. The summed E-state index contributed by atoms with van der Waals surface area (Å²) in [7, 11) is 0. The Labute approximate surface area is 78.3 Å². The van der Waals surface area contributed by atoms with E-state index in [2.05, 4.69) is 4.98 Å². The van der Waals surface area contributed by atoms with Crippen molar-refractivity contribution in [3.63, 3.8) is 0 Å². The second-order valence-electron chi connectivity index (χ2n) is 2.57. The molecule has 66 valence electrons. The van der Waals surface area contributed by atoms with E-state index in [0.29, 0.717) is 10.6 Å². The molecule has 0 radical (unpaired) electrons. The highest BCUT2D eigenvalue weighted by Crippen LogP contribution is 2.32. The zero-order valence-corrected chi connectivity index (χ0v) is 7.47. The van der Waals surface area contributed by atoms with Gasteiger partial charge in [-0.3, -0.25) is 4.79 Å². The van der Waals surface area contributed by atoms with Crippen molar-refractivity contribution in [2.45, 2.75) is 0 Å². The van der Waals surface area contributed by atoms with Gasteiger partial charge in [0.25, 0.3) is 0 Å². The fourth-order valence-corrected chi connectivity index (χ4v) is 1.85. The van der Waals surface area contributed by atoms with Gasteiger partial charge >= 0.3 is 0 Å². The van der Waals surface area contributed by atoms with Gasteiger partial charge in [-0.25, -0.2) is 0 Å². The predicted molar refractivity (Wildman–Crippen MR) is 52.0 cm³/mol. The predicted octanol–water partition coefficient (Wildman–Crippen LogP) is 1.81. The summed E-state index contributed by atoms with van der Waals surface area (Å²) in [4.78, 5) is 14.6. The van der Waals surface area contributed by atoms with Gasteiger partial charge in [0, 0.05) is 18.3 Å². The zero-order chi connectivity index (χ0) is 9.26. The zero-order valence-electron chi connectivity index (χ0n) is 6.65. The lowest BCUT2D eigenvalue weighted by Crippen LogP contribution is -1.96. The summed E-state index contributed by atoms with van der Waals surface area (Å²) in [5.41, 5.74) is 0.585. The molecule has 2 rings (SSSR count). The Balaban J connectivity index is 2.59. The number of H-pyrrole nitrogens is 1. The summed E-state index contributed by atoms with van der Waals surface area (Å²) in [5.74, 6) is 0.201. The maximum atomic E-state index is 11.0. The Morgan fingerprint density at radius 2 is 2.23 bits per heavy atom. The highest BCUT2D eigenvalue weighted by Gasteiger charge is 2.05. The average molecular weight is 193 g/mol. The molecule has 0 aromatic carbocycles. The van der Waals surface area contributed by atoms with Crippen molar-refractivity contribution >= 4 is 11.3 Å². The first-order valence-corrected chi connectivity index (χ1v) is 4.61. The SMILES string of the molecule is O=c1cc[nH]c(-c2sccc2O)c1. The highest BCUT2D eigenvalue weighted by atomic mass is 32.1. The minimum absolute atomic E-state index is 0.0680. The smallest absolute Gasteiger partial charge is 0.182 e. The minimum atomic E-state index is -0.0680. The molecule has 0 saturated carbocycles. The minimum Gasteiger partial charge on any atom is -0.506 e. The van der Waals surface area contributed by atoms with Crippen LogP contribution in [-0.4, -0.2) is 10.1 Å². The molecule has 0 aliphatic heterocycles. The van der Waals surface area contributed by atoms with Gasteiger partial charge in [-0.2, -0.15) is 0 Å². The number of hydrogen-bond donors (Lipinski definition) is 2. The first-order chi connectivity index (χ1) is 6.27. The van der Waals surface area contributed by atoms with Gasteiger partial charge in [0.15, 0.2) is 5.43 Å². The van der Waals surface area contributed by atoms with Crippen LogP contribution >= 0.6 is 11.3 Å². The third kappa shape index (κ3) is 1.48. The van der Waals surface area contributed by atoms with Crippen LogP contribution in [0.4, 0.5) is 0 Å². The number of aromatic amines is 1. The number of aromatic hydroxyl groups is 1. The quantitative estimate of drug-likeness (QED) is 0.725. The maximum Gasteiger partial charge on any atom is 0.182 e. The summed E-state index contributed by atoms with van der Waals surface area (Å²) in [6.07, 6.45) is 1.57. The van der Waals surface area contributed by atoms with E-state index in [1.807, 2.05) is 0 Å². The molecule has 0 unspecified atom stereocenters. The molecule has 0 saturated heterocycles. The summed E-state index contributed by atoms with van der Waals surface area (Å²) in [6.45, 7) is 0. The maximum absolute atomic E-state index is 11.0. The first-order valence-electron chi connectivity index (χ1n) is 3.73. The van der Waals surface area contributed by atoms with Crippen LogP contribution in [0.2, 0.25) is 0 Å². The Bertz CT molecular complexity index is 472. The molecule has 13 heavy (non-hydrogen) atoms. The van der Waals surface area contributed by atoms with Crippen molar-refractivity contribution < 1.29 is 5.11 Å². The van der Waals surface area contributed by atoms with E-state index < -0.39 is 0 Å². The van der Waals surface area contributed by atoms with E-state index >= 15 is 0 Å². The fraction of sp³-hybridized carbons (Fsp3) is 0. The van der Waals surface area contributed by atoms with Gasteiger partial charge in [-0.15, -0.1) is 11.3 Å². The van der Waals surface area contributed by atoms with E-state index in [1.165, 1.54) is 23.5 Å². The van der Waals surface area contributed by atoms with Crippen molar-refractivity contribution in [3.8, 4) is 16.3 Å². The second kappa shape index (κ2) is 3.06. The number of aromatic nitrogens is 1. The third-order valence-corrected chi connectivity index (χ3v) is 2.60. The molecular formula is C9H7NO2S. The van der Waals surface area contributed by atoms with Crippen molar-refractivity contribution in [2.24, 2.45) is 0 Å². The molecular weight excluding hydrogens is 186 g/mol. The standard InChI is InChI=1S/C9H7NO2S/c11-6-1-3-10-7(5-6)9-8(12)2-4-13-9/h1-5,12H,(H,10,11). The average Bonchev–Trinajstić information content (AvgIpc) is 2.51. The van der Waals surface area contributed by atoms with E-state index in [-0.39, 0.29) is 11.2 Å². The first kappa shape index (κ1) is 8.07. The molecule has 0 fully saturated rings. The van der Waals surface area contributed by atoms with E-state index in [9.17, 15) is 9.90 Å². The van der Waals surface area contributed by atoms with E-state index in [1.54, 1.807) is 17.6 Å². The van der Waals surface area contributed by atoms with Crippen LogP contribution in [0.3, 0.4) is 0 Å². The van der Waals surface area contributed by atoms with Crippen LogP contribution in [0.1, 0.15) is 0 Å². The lowest BCUT2D eigenvalue weighted by molar-refractivity contribution is 0.479. The topological polar surface area (TPSA) is 53.1 Å². The molecule has 0 spiro atoms. The van der Waals surface area contributed by atoms with Crippen LogP contribution in [-0.2, 0) is 0 Å². The molecule has 0 atom stereocenters. The van der Waals surface area contributed by atoms with Gasteiger partial charge in [0.2, 0.25) is 0 Å². The summed E-state index contributed by atoms with van der Waals surface area (Å²) in [5, 5.41) is 11.2. The van der Waals surface area contributed by atoms with Gasteiger partial charge < -0.3 is 10.1 Å². The third-order valence-electron chi connectivity index (χ3n) is 1.66. The van der Waals surface area contributed by atoms with E-state index in [4.69, 9.17) is 0 Å². The number of pyridine rings is 1. The summed E-state index contributed by atoms with van der Waals surface area (Å²) < 4.78 is 0. The molecule has 2 N–H and O–H groups in total. The Kier molecular flexibility index (Phi) is 1.90. The number of thiophene rings is 1. The number of nitrogens with one attached hydrogen (secondary N) is 1. The van der Waals surface area contributed by atoms with Gasteiger partial charge in [-0.1, -0.05) is 0 Å². The second-order valence-corrected chi connectivity index (χ2v) is 3.49. The summed E-state index contributed by atoms with van der Waals surface area (Å²) >= 11 is 1.39. The molecule has 2 aromatic heterocycles. The molecule has 4 heteroatoms.